The molecule has 0 bridgehead atoms. The topological polar surface area (TPSA) is 67.4 Å². The highest BCUT2D eigenvalue weighted by Crippen LogP contribution is 2.36. The highest BCUT2D eigenvalue weighted by molar-refractivity contribution is 5.81. The highest BCUT2D eigenvalue weighted by Gasteiger charge is 2.39. The monoisotopic (exact) mass is 378 g/mol. The Hall–Kier alpha value is -1.99. The van der Waals surface area contributed by atoms with Gasteiger partial charge in [0.05, 0.1) is 12.5 Å². The zero-order valence-electron chi connectivity index (χ0n) is 16.0. The molecule has 1 unspecified atom stereocenters. The molecule has 1 atom stereocenters. The second-order valence-electron chi connectivity index (χ2n) is 6.82. The molecular formula is C18H29F3N2O3. The lowest BCUT2D eigenvalue weighted by atomic mass is 9.89. The molecule has 0 radical (unpaired) electrons. The van der Waals surface area contributed by atoms with Crippen molar-refractivity contribution in [2.45, 2.75) is 58.7 Å². The second kappa shape index (κ2) is 10.9. The number of carbonyl (C=O) groups excluding carboxylic acids is 2. The zero-order valence-corrected chi connectivity index (χ0v) is 16.0. The van der Waals surface area contributed by atoms with Crippen molar-refractivity contribution >= 4 is 12.0 Å². The van der Waals surface area contributed by atoms with Gasteiger partial charge in [-0.05, 0) is 47.0 Å². The maximum atomic E-state index is 12.2. The molecule has 150 valence electrons. The van der Waals surface area contributed by atoms with E-state index in [1.54, 1.807) is 26.8 Å². The van der Waals surface area contributed by atoms with E-state index in [1.165, 1.54) is 7.05 Å². The van der Waals surface area contributed by atoms with Crippen LogP contribution in [0, 0.1) is 5.92 Å². The van der Waals surface area contributed by atoms with Crippen LogP contribution in [-0.2, 0) is 9.53 Å². The zero-order chi connectivity index (χ0) is 20.4. The molecule has 1 aliphatic carbocycles. The first-order chi connectivity index (χ1) is 11.9. The molecule has 2 N–H and O–H groups in total. The lowest BCUT2D eigenvalue weighted by Crippen LogP contribution is -2.38. The van der Waals surface area contributed by atoms with Crippen LogP contribution in [0.2, 0.25) is 0 Å². The minimum Gasteiger partial charge on any atom is -0.444 e. The summed E-state index contributed by atoms with van der Waals surface area (Å²) in [4.78, 5) is 21.7. The van der Waals surface area contributed by atoms with E-state index in [9.17, 15) is 22.8 Å². The molecule has 0 aliphatic heterocycles. The van der Waals surface area contributed by atoms with Gasteiger partial charge in [0.2, 0.25) is 5.91 Å². The molecular weight excluding hydrogens is 349 g/mol. The Morgan fingerprint density at radius 3 is 2.31 bits per heavy atom. The third-order valence-electron chi connectivity index (χ3n) is 3.36. The number of hydrogen-bond acceptors (Lipinski definition) is 3. The quantitative estimate of drug-likeness (QED) is 0.777. The molecule has 0 aromatic carbocycles. The highest BCUT2D eigenvalue weighted by atomic mass is 19.4. The van der Waals surface area contributed by atoms with E-state index >= 15 is 0 Å². The first-order valence-corrected chi connectivity index (χ1v) is 8.45. The van der Waals surface area contributed by atoms with Gasteiger partial charge in [-0.25, -0.2) is 4.79 Å². The van der Waals surface area contributed by atoms with Crippen molar-refractivity contribution in [2.75, 3.05) is 13.6 Å². The summed E-state index contributed by atoms with van der Waals surface area (Å²) in [5, 5.41) is 4.69. The Balaban J connectivity index is 0.000000481. The van der Waals surface area contributed by atoms with Gasteiger partial charge >= 0.3 is 12.3 Å². The lowest BCUT2D eigenvalue weighted by molar-refractivity contribution is -0.176. The number of amides is 2. The average molecular weight is 378 g/mol. The summed E-state index contributed by atoms with van der Waals surface area (Å²) in [6, 6.07) is 0. The Bertz CT molecular complexity index is 521. The molecule has 26 heavy (non-hydrogen) atoms. The van der Waals surface area contributed by atoms with Crippen LogP contribution >= 0.6 is 0 Å². The van der Waals surface area contributed by atoms with Crippen molar-refractivity contribution in [1.29, 1.82) is 0 Å². The van der Waals surface area contributed by atoms with Gasteiger partial charge in [0, 0.05) is 7.05 Å². The Kier molecular flexibility index (Phi) is 10.0. The fraction of sp³-hybridized carbons (Fsp3) is 0.667. The number of allylic oxidation sites excluding steroid dienone is 4. The summed E-state index contributed by atoms with van der Waals surface area (Å²) < 4.78 is 41.5. The van der Waals surface area contributed by atoms with Gasteiger partial charge in [-0.15, -0.1) is 0 Å². The van der Waals surface area contributed by atoms with Crippen molar-refractivity contribution in [2.24, 2.45) is 5.92 Å². The Morgan fingerprint density at radius 2 is 1.92 bits per heavy atom. The van der Waals surface area contributed by atoms with Crippen LogP contribution in [0.4, 0.5) is 18.0 Å². The van der Waals surface area contributed by atoms with Crippen molar-refractivity contribution in [3.05, 3.63) is 23.8 Å². The fourth-order valence-electron chi connectivity index (χ4n) is 2.07. The third-order valence-corrected chi connectivity index (χ3v) is 3.36. The molecule has 5 nitrogen and oxygen atoms in total. The van der Waals surface area contributed by atoms with Gasteiger partial charge in [0.15, 0.2) is 0 Å². The summed E-state index contributed by atoms with van der Waals surface area (Å²) in [5.74, 6) is -1.38. The van der Waals surface area contributed by atoms with Crippen LogP contribution in [0.5, 0.6) is 0 Å². The van der Waals surface area contributed by atoms with E-state index in [0.29, 0.717) is 6.42 Å². The molecule has 0 saturated carbocycles. The Morgan fingerprint density at radius 1 is 1.31 bits per heavy atom. The van der Waals surface area contributed by atoms with Crippen molar-refractivity contribution in [3.8, 4) is 0 Å². The van der Waals surface area contributed by atoms with Crippen LogP contribution in [0.3, 0.4) is 0 Å². The van der Waals surface area contributed by atoms with E-state index in [4.69, 9.17) is 4.74 Å². The Labute approximate surface area is 153 Å². The SMILES string of the molecule is C/C=C/C1=CCC(C(F)(F)F)CC1.CNC(=O)CNC(=O)OC(C)(C)C. The van der Waals surface area contributed by atoms with Crippen molar-refractivity contribution in [1.82, 2.24) is 10.6 Å². The molecule has 8 heteroatoms. The number of ether oxygens (including phenoxy) is 1. The summed E-state index contributed by atoms with van der Waals surface area (Å²) in [7, 11) is 1.50. The average Bonchev–Trinajstić information content (AvgIpc) is 2.51. The summed E-state index contributed by atoms with van der Waals surface area (Å²) >= 11 is 0. The van der Waals surface area contributed by atoms with E-state index in [-0.39, 0.29) is 25.3 Å². The number of likely N-dealkylation sites (N-methyl/N-ethyl adjacent to an activating group) is 1. The molecule has 1 rings (SSSR count). The summed E-state index contributed by atoms with van der Waals surface area (Å²) in [6.07, 6.45) is 1.76. The molecule has 0 aromatic heterocycles. The number of halogens is 3. The van der Waals surface area contributed by atoms with E-state index in [0.717, 1.165) is 5.57 Å². The summed E-state index contributed by atoms with van der Waals surface area (Å²) in [5.41, 5.74) is 0.496. The number of hydrogen-bond donors (Lipinski definition) is 2. The second-order valence-corrected chi connectivity index (χ2v) is 6.82. The van der Waals surface area contributed by atoms with Crippen LogP contribution < -0.4 is 10.6 Å². The van der Waals surface area contributed by atoms with Gasteiger partial charge in [-0.3, -0.25) is 4.79 Å². The third kappa shape index (κ3) is 11.5. The lowest BCUT2D eigenvalue weighted by Gasteiger charge is -2.22. The maximum Gasteiger partial charge on any atom is 0.408 e. The summed E-state index contributed by atoms with van der Waals surface area (Å²) in [6.45, 7) is 7.08. The molecule has 0 spiro atoms. The number of carbonyl (C=O) groups is 2. The van der Waals surface area contributed by atoms with E-state index < -0.39 is 23.8 Å². The minimum atomic E-state index is -4.02. The van der Waals surface area contributed by atoms with Crippen molar-refractivity contribution in [3.63, 3.8) is 0 Å². The molecule has 0 aromatic rings. The van der Waals surface area contributed by atoms with Gasteiger partial charge < -0.3 is 15.4 Å². The standard InChI is InChI=1S/C10H13F3.C8H16N2O3/c1-2-3-8-4-6-9(7-5-8)10(11,12)13;1-8(2,3)13-7(12)10-5-6(11)9-4/h2-4,9H,5-7H2,1H3;5H2,1-4H3,(H,9,11)(H,10,12)/b3-2+;. The first-order valence-electron chi connectivity index (χ1n) is 8.45. The predicted molar refractivity (Wildman–Crippen MR) is 94.6 cm³/mol. The van der Waals surface area contributed by atoms with Crippen LogP contribution in [0.25, 0.3) is 0 Å². The largest absolute Gasteiger partial charge is 0.444 e. The van der Waals surface area contributed by atoms with Crippen molar-refractivity contribution < 1.29 is 27.5 Å². The van der Waals surface area contributed by atoms with Gasteiger partial charge in [0.1, 0.15) is 5.60 Å². The molecule has 2 amide bonds. The molecule has 0 heterocycles. The molecule has 0 saturated heterocycles. The van der Waals surface area contributed by atoms with Crippen LogP contribution in [-0.4, -0.2) is 37.4 Å². The smallest absolute Gasteiger partial charge is 0.408 e. The van der Waals surface area contributed by atoms with Gasteiger partial charge in [-0.2, -0.15) is 13.2 Å². The normalized spacial score (nSPS) is 17.7. The molecule has 0 fully saturated rings. The van der Waals surface area contributed by atoms with Crippen LogP contribution in [0.1, 0.15) is 47.0 Å². The first kappa shape index (κ1) is 24.0. The number of nitrogens with one attached hydrogen (secondary N) is 2. The van der Waals surface area contributed by atoms with E-state index in [1.807, 2.05) is 19.1 Å². The number of alkyl carbamates (subject to hydrolysis) is 1. The minimum absolute atomic E-state index is 0.0641. The maximum absolute atomic E-state index is 12.2. The predicted octanol–water partition coefficient (Wildman–Crippen LogP) is 4.11. The van der Waals surface area contributed by atoms with Crippen LogP contribution in [0.15, 0.2) is 23.8 Å². The number of rotatable bonds is 3. The van der Waals surface area contributed by atoms with Gasteiger partial charge in [-0.1, -0.05) is 23.8 Å². The molecule has 1 aliphatic rings. The van der Waals surface area contributed by atoms with Gasteiger partial charge in [0.25, 0.3) is 0 Å². The van der Waals surface area contributed by atoms with E-state index in [2.05, 4.69) is 10.6 Å². The number of alkyl halides is 3. The fourth-order valence-corrected chi connectivity index (χ4v) is 2.07.